The third-order valence-corrected chi connectivity index (χ3v) is 5.45. The molecule has 1 aromatic heterocycles. The number of fused-ring (bicyclic) bond motifs is 1. The van der Waals surface area contributed by atoms with Crippen LogP contribution in [0.4, 0.5) is 0 Å². The number of carbonyl (C=O) groups excluding carboxylic acids is 2. The zero-order valence-electron chi connectivity index (χ0n) is 14.7. The minimum absolute atomic E-state index is 0.00787. The number of halogens is 1. The van der Waals surface area contributed by atoms with Crippen molar-refractivity contribution in [2.45, 2.75) is 0 Å². The number of nitrogens with zero attached hydrogens (tertiary/aromatic N) is 1. The van der Waals surface area contributed by atoms with Crippen molar-refractivity contribution in [1.29, 1.82) is 0 Å². The van der Waals surface area contributed by atoms with Crippen LogP contribution >= 0.6 is 22.9 Å². The lowest BCUT2D eigenvalue weighted by atomic mass is 10.2. The van der Waals surface area contributed by atoms with Crippen molar-refractivity contribution in [2.24, 2.45) is 5.10 Å². The summed E-state index contributed by atoms with van der Waals surface area (Å²) in [6.07, 6.45) is 1.28. The molecule has 1 heterocycles. The van der Waals surface area contributed by atoms with Crippen LogP contribution in [0.3, 0.4) is 0 Å². The van der Waals surface area contributed by atoms with E-state index in [-0.39, 0.29) is 12.3 Å². The van der Waals surface area contributed by atoms with Crippen molar-refractivity contribution >= 4 is 51.1 Å². The van der Waals surface area contributed by atoms with E-state index < -0.39 is 11.8 Å². The molecule has 9 heteroatoms. The highest BCUT2D eigenvalue weighted by Gasteiger charge is 2.17. The Bertz CT molecular complexity index is 1060. The summed E-state index contributed by atoms with van der Waals surface area (Å²) < 4.78 is 5.95. The SMILES string of the molecule is COc1ccc(O)c(C=NNC(=O)CNC(=O)c2sc3ccccc3c2Cl)c1. The molecule has 0 radical (unpaired) electrons. The molecule has 7 nitrogen and oxygen atoms in total. The smallest absolute Gasteiger partial charge is 0.263 e. The number of methoxy groups -OCH3 is 1. The lowest BCUT2D eigenvalue weighted by molar-refractivity contribution is -0.120. The fourth-order valence-corrected chi connectivity index (χ4v) is 3.81. The fraction of sp³-hybridized carbons (Fsp3) is 0.105. The van der Waals surface area contributed by atoms with Crippen LogP contribution in [0.1, 0.15) is 15.2 Å². The zero-order chi connectivity index (χ0) is 20.1. The molecule has 3 rings (SSSR count). The van der Waals surface area contributed by atoms with Gasteiger partial charge in [-0.1, -0.05) is 29.8 Å². The Kier molecular flexibility index (Phi) is 6.13. The van der Waals surface area contributed by atoms with Crippen LogP contribution in [0.25, 0.3) is 10.1 Å². The van der Waals surface area contributed by atoms with Gasteiger partial charge >= 0.3 is 0 Å². The molecule has 3 aromatic rings. The summed E-state index contributed by atoms with van der Waals surface area (Å²) in [4.78, 5) is 24.5. The predicted octanol–water partition coefficient (Wildman–Crippen LogP) is 3.15. The molecule has 2 aromatic carbocycles. The van der Waals surface area contributed by atoms with Gasteiger partial charge in [-0.3, -0.25) is 9.59 Å². The Morgan fingerprint density at radius 1 is 1.29 bits per heavy atom. The van der Waals surface area contributed by atoms with Gasteiger partial charge in [-0.25, -0.2) is 5.43 Å². The number of amides is 2. The first-order valence-corrected chi connectivity index (χ1v) is 9.33. The molecule has 2 amide bonds. The number of phenolic OH excluding ortho intramolecular Hbond substituents is 1. The van der Waals surface area contributed by atoms with E-state index in [4.69, 9.17) is 16.3 Å². The molecule has 0 spiro atoms. The molecule has 0 aliphatic carbocycles. The van der Waals surface area contributed by atoms with Crippen LogP contribution in [0.2, 0.25) is 5.02 Å². The molecule has 0 saturated carbocycles. The second-order valence-electron chi connectivity index (χ2n) is 5.64. The van der Waals surface area contributed by atoms with E-state index in [1.807, 2.05) is 24.3 Å². The van der Waals surface area contributed by atoms with E-state index in [0.29, 0.717) is 21.2 Å². The number of nitrogens with one attached hydrogen (secondary N) is 2. The predicted molar refractivity (Wildman–Crippen MR) is 110 cm³/mol. The number of phenols is 1. The summed E-state index contributed by atoms with van der Waals surface area (Å²) in [7, 11) is 1.50. The van der Waals surface area contributed by atoms with Crippen LogP contribution in [0, 0.1) is 0 Å². The molecule has 0 aliphatic rings. The number of ether oxygens (including phenoxy) is 1. The third kappa shape index (κ3) is 4.41. The minimum atomic E-state index is -0.524. The second kappa shape index (κ2) is 8.73. The van der Waals surface area contributed by atoms with E-state index in [0.717, 1.165) is 10.1 Å². The molecular weight excluding hydrogens is 402 g/mol. The highest BCUT2D eigenvalue weighted by molar-refractivity contribution is 7.21. The van der Waals surface area contributed by atoms with Crippen LogP contribution in [0.15, 0.2) is 47.6 Å². The van der Waals surface area contributed by atoms with Gasteiger partial charge in [0.05, 0.1) is 24.9 Å². The standard InChI is InChI=1S/C19H16ClN3O4S/c1-27-12-6-7-14(24)11(8-12)9-22-23-16(25)10-21-19(26)18-17(20)13-4-2-3-5-15(13)28-18/h2-9,24H,10H2,1H3,(H,21,26)(H,23,25). The fourth-order valence-electron chi connectivity index (χ4n) is 2.38. The highest BCUT2D eigenvalue weighted by atomic mass is 35.5. The van der Waals surface area contributed by atoms with Gasteiger partial charge in [-0.05, 0) is 24.3 Å². The van der Waals surface area contributed by atoms with Crippen molar-refractivity contribution in [3.8, 4) is 11.5 Å². The van der Waals surface area contributed by atoms with Gasteiger partial charge in [-0.15, -0.1) is 11.3 Å². The molecule has 28 heavy (non-hydrogen) atoms. The van der Waals surface area contributed by atoms with Gasteiger partial charge in [0, 0.05) is 15.6 Å². The first-order valence-electron chi connectivity index (χ1n) is 8.13. The van der Waals surface area contributed by atoms with Crippen molar-refractivity contribution in [1.82, 2.24) is 10.7 Å². The summed E-state index contributed by atoms with van der Waals surface area (Å²) in [5.74, 6) is -0.426. The third-order valence-electron chi connectivity index (χ3n) is 3.78. The molecule has 3 N–H and O–H groups in total. The molecule has 0 saturated heterocycles. The van der Waals surface area contributed by atoms with E-state index in [2.05, 4.69) is 15.8 Å². The Balaban J connectivity index is 1.56. The molecular formula is C19H16ClN3O4S. The molecule has 0 atom stereocenters. The average Bonchev–Trinajstić information content (AvgIpc) is 3.04. The summed E-state index contributed by atoms with van der Waals surface area (Å²) in [6.45, 7) is -0.273. The summed E-state index contributed by atoms with van der Waals surface area (Å²) >= 11 is 7.51. The van der Waals surface area contributed by atoms with E-state index in [9.17, 15) is 14.7 Å². The lowest BCUT2D eigenvalue weighted by Gasteiger charge is -2.04. The number of hydrazone groups is 1. The second-order valence-corrected chi connectivity index (χ2v) is 7.07. The van der Waals surface area contributed by atoms with E-state index >= 15 is 0 Å². The van der Waals surface area contributed by atoms with Crippen LogP contribution in [-0.2, 0) is 4.79 Å². The maximum Gasteiger partial charge on any atom is 0.263 e. The van der Waals surface area contributed by atoms with Crippen molar-refractivity contribution in [3.05, 3.63) is 57.9 Å². The number of benzene rings is 2. The van der Waals surface area contributed by atoms with Gasteiger partial charge in [0.15, 0.2) is 0 Å². The van der Waals surface area contributed by atoms with Crippen molar-refractivity contribution < 1.29 is 19.4 Å². The first-order chi connectivity index (χ1) is 13.5. The molecule has 144 valence electrons. The monoisotopic (exact) mass is 417 g/mol. The van der Waals surface area contributed by atoms with E-state index in [1.54, 1.807) is 12.1 Å². The molecule has 0 aliphatic heterocycles. The number of hydrogen-bond acceptors (Lipinski definition) is 6. The maximum atomic E-state index is 12.3. The van der Waals surface area contributed by atoms with Crippen molar-refractivity contribution in [3.63, 3.8) is 0 Å². The maximum absolute atomic E-state index is 12.3. The van der Waals surface area contributed by atoms with E-state index in [1.165, 1.54) is 30.7 Å². The van der Waals surface area contributed by atoms with Crippen LogP contribution in [0.5, 0.6) is 11.5 Å². The zero-order valence-corrected chi connectivity index (χ0v) is 16.3. The number of carbonyl (C=O) groups is 2. The highest BCUT2D eigenvalue weighted by Crippen LogP contribution is 2.34. The van der Waals surface area contributed by atoms with Crippen LogP contribution in [-0.4, -0.2) is 36.8 Å². The van der Waals surface area contributed by atoms with Gasteiger partial charge in [0.25, 0.3) is 11.8 Å². The molecule has 0 bridgehead atoms. The Labute approximate surface area is 169 Å². The number of thiophene rings is 1. The van der Waals surface area contributed by atoms with Gasteiger partial charge in [0.2, 0.25) is 0 Å². The number of rotatable bonds is 6. The Morgan fingerprint density at radius 3 is 2.82 bits per heavy atom. The van der Waals surface area contributed by atoms with Gasteiger partial charge in [-0.2, -0.15) is 5.10 Å². The average molecular weight is 418 g/mol. The summed E-state index contributed by atoms with van der Waals surface area (Å²) in [5.41, 5.74) is 2.65. The molecule has 0 fully saturated rings. The summed E-state index contributed by atoms with van der Waals surface area (Å²) in [5, 5.41) is 17.2. The molecule has 0 unspecified atom stereocenters. The quantitative estimate of drug-likeness (QED) is 0.423. The topological polar surface area (TPSA) is 100 Å². The minimum Gasteiger partial charge on any atom is -0.507 e. The summed E-state index contributed by atoms with van der Waals surface area (Å²) in [6, 6.07) is 12.0. The van der Waals surface area contributed by atoms with Gasteiger partial charge in [0.1, 0.15) is 16.4 Å². The largest absolute Gasteiger partial charge is 0.507 e. The normalized spacial score (nSPS) is 10.9. The van der Waals surface area contributed by atoms with Crippen LogP contribution < -0.4 is 15.5 Å². The number of aromatic hydroxyl groups is 1. The Hall–Kier alpha value is -3.10. The first kappa shape index (κ1) is 19.7. The van der Waals surface area contributed by atoms with Crippen molar-refractivity contribution in [2.75, 3.05) is 13.7 Å². The number of hydrogen-bond donors (Lipinski definition) is 3. The lowest BCUT2D eigenvalue weighted by Crippen LogP contribution is -2.34. The van der Waals surface area contributed by atoms with Gasteiger partial charge < -0.3 is 15.2 Å². The Morgan fingerprint density at radius 2 is 2.07 bits per heavy atom.